The Hall–Kier alpha value is -1.54. The van der Waals surface area contributed by atoms with E-state index in [9.17, 15) is 5.11 Å². The number of aliphatic hydroxyl groups excluding tert-OH is 1. The number of aliphatic hydroxyl groups is 1. The smallest absolute Gasteiger partial charge is 0.0682 e. The van der Waals surface area contributed by atoms with E-state index in [2.05, 4.69) is 42.6 Å². The van der Waals surface area contributed by atoms with Crippen LogP contribution in [0.2, 0.25) is 0 Å². The van der Waals surface area contributed by atoms with Crippen LogP contribution in [0.4, 0.5) is 5.69 Å². The van der Waals surface area contributed by atoms with Gasteiger partial charge in [-0.1, -0.05) is 25.1 Å². The first-order chi connectivity index (χ1) is 9.74. The average Bonchev–Trinajstić information content (AvgIpc) is 2.49. The van der Waals surface area contributed by atoms with Crippen LogP contribution in [0.15, 0.2) is 36.4 Å². The van der Waals surface area contributed by atoms with Crippen LogP contribution >= 0.6 is 0 Å². The zero-order chi connectivity index (χ0) is 13.9. The van der Waals surface area contributed by atoms with Gasteiger partial charge in [-0.2, -0.15) is 0 Å². The molecule has 0 bridgehead atoms. The van der Waals surface area contributed by atoms with Crippen LogP contribution in [-0.4, -0.2) is 11.1 Å². The maximum atomic E-state index is 9.18. The first-order valence-electron chi connectivity index (χ1n) is 7.64. The molecule has 106 valence electrons. The molecule has 2 heteroatoms. The molecule has 1 fully saturated rings. The Labute approximate surface area is 120 Å². The largest absolute Gasteiger partial charge is 0.392 e. The fourth-order valence-corrected chi connectivity index (χ4v) is 3.12. The van der Waals surface area contributed by atoms with Crippen molar-refractivity contribution < 1.29 is 5.11 Å². The van der Waals surface area contributed by atoms with Gasteiger partial charge in [0.2, 0.25) is 0 Å². The molecule has 0 radical (unpaired) electrons. The van der Waals surface area contributed by atoms with E-state index in [1.807, 2.05) is 6.07 Å². The number of rotatable bonds is 3. The third-order valence-electron chi connectivity index (χ3n) is 4.47. The second-order valence-corrected chi connectivity index (χ2v) is 6.16. The van der Waals surface area contributed by atoms with E-state index >= 15 is 0 Å². The van der Waals surface area contributed by atoms with Crippen molar-refractivity contribution in [1.29, 1.82) is 0 Å². The second-order valence-electron chi connectivity index (χ2n) is 6.16. The maximum Gasteiger partial charge on any atom is 0.0682 e. The molecule has 2 aromatic rings. The van der Waals surface area contributed by atoms with E-state index in [-0.39, 0.29) is 6.61 Å². The molecule has 0 unspecified atom stereocenters. The average molecular weight is 269 g/mol. The van der Waals surface area contributed by atoms with Gasteiger partial charge in [0.05, 0.1) is 6.61 Å². The number of hydrogen-bond donors (Lipinski definition) is 2. The van der Waals surface area contributed by atoms with Crippen molar-refractivity contribution >= 4 is 16.5 Å². The van der Waals surface area contributed by atoms with Crippen LogP contribution in [0.3, 0.4) is 0 Å². The van der Waals surface area contributed by atoms with Crippen molar-refractivity contribution in [2.75, 3.05) is 5.32 Å². The molecule has 20 heavy (non-hydrogen) atoms. The van der Waals surface area contributed by atoms with Crippen LogP contribution in [0.1, 0.15) is 38.2 Å². The van der Waals surface area contributed by atoms with Crippen LogP contribution in [0, 0.1) is 5.92 Å². The Balaban J connectivity index is 1.75. The number of hydrogen-bond acceptors (Lipinski definition) is 2. The predicted octanol–water partition coefficient (Wildman–Crippen LogP) is 4.32. The quantitative estimate of drug-likeness (QED) is 0.869. The van der Waals surface area contributed by atoms with Crippen LogP contribution in [-0.2, 0) is 6.61 Å². The van der Waals surface area contributed by atoms with E-state index in [1.54, 1.807) is 0 Å². The molecular formula is C18H23NO. The lowest BCUT2D eigenvalue weighted by Crippen LogP contribution is -2.25. The maximum absolute atomic E-state index is 9.18. The van der Waals surface area contributed by atoms with E-state index in [0.29, 0.717) is 6.04 Å². The van der Waals surface area contributed by atoms with E-state index < -0.39 is 0 Å². The molecule has 0 amide bonds. The van der Waals surface area contributed by atoms with E-state index in [0.717, 1.165) is 11.5 Å². The molecule has 0 aliphatic heterocycles. The highest BCUT2D eigenvalue weighted by atomic mass is 16.3. The molecule has 2 N–H and O–H groups in total. The van der Waals surface area contributed by atoms with Crippen molar-refractivity contribution in [2.24, 2.45) is 5.92 Å². The van der Waals surface area contributed by atoms with Crippen LogP contribution in [0.5, 0.6) is 0 Å². The summed E-state index contributed by atoms with van der Waals surface area (Å²) < 4.78 is 0. The summed E-state index contributed by atoms with van der Waals surface area (Å²) in [6.07, 6.45) is 5.24. The fraction of sp³-hybridized carbons (Fsp3) is 0.444. The lowest BCUT2D eigenvalue weighted by Gasteiger charge is -2.27. The molecule has 3 rings (SSSR count). The highest BCUT2D eigenvalue weighted by Crippen LogP contribution is 2.27. The minimum Gasteiger partial charge on any atom is -0.392 e. The van der Waals surface area contributed by atoms with Gasteiger partial charge >= 0.3 is 0 Å². The predicted molar refractivity (Wildman–Crippen MR) is 84.9 cm³/mol. The molecule has 1 aliphatic carbocycles. The lowest BCUT2D eigenvalue weighted by molar-refractivity contribution is 0.282. The molecule has 1 aliphatic rings. The molecule has 0 heterocycles. The fourth-order valence-electron chi connectivity index (χ4n) is 3.12. The lowest BCUT2D eigenvalue weighted by atomic mass is 9.87. The molecule has 2 aromatic carbocycles. The summed E-state index contributed by atoms with van der Waals surface area (Å²) in [5.41, 5.74) is 2.19. The highest BCUT2D eigenvalue weighted by molar-refractivity contribution is 5.86. The standard InChI is InChI=1S/C18H23NO/c1-13-2-7-17(8-3-13)19-18-9-6-15-10-14(12-20)4-5-16(15)11-18/h4-6,9-11,13,17,19-20H,2-3,7-8,12H2,1H3/t13-,17+. The summed E-state index contributed by atoms with van der Waals surface area (Å²) >= 11 is 0. The van der Waals surface area contributed by atoms with Gasteiger partial charge < -0.3 is 10.4 Å². The van der Waals surface area contributed by atoms with Gasteiger partial charge in [-0.05, 0) is 66.1 Å². The van der Waals surface area contributed by atoms with Crippen LogP contribution < -0.4 is 5.32 Å². The zero-order valence-corrected chi connectivity index (χ0v) is 12.1. The SMILES string of the molecule is C[C@H]1CC[C@@H](Nc2ccc3cc(CO)ccc3c2)CC1. The summed E-state index contributed by atoms with van der Waals surface area (Å²) in [6, 6.07) is 13.3. The first-order valence-corrected chi connectivity index (χ1v) is 7.64. The van der Waals surface area contributed by atoms with E-state index in [1.165, 1.54) is 42.1 Å². The summed E-state index contributed by atoms with van der Waals surface area (Å²) in [5.74, 6) is 0.890. The molecular weight excluding hydrogens is 246 g/mol. The monoisotopic (exact) mass is 269 g/mol. The van der Waals surface area contributed by atoms with Crippen molar-refractivity contribution in [2.45, 2.75) is 45.3 Å². The Morgan fingerprint density at radius 1 is 1.00 bits per heavy atom. The topological polar surface area (TPSA) is 32.3 Å². The summed E-state index contributed by atoms with van der Waals surface area (Å²) in [7, 11) is 0. The highest BCUT2D eigenvalue weighted by Gasteiger charge is 2.17. The van der Waals surface area contributed by atoms with Gasteiger partial charge in [0.25, 0.3) is 0 Å². The Morgan fingerprint density at radius 3 is 2.45 bits per heavy atom. The molecule has 2 nitrogen and oxygen atoms in total. The molecule has 0 saturated heterocycles. The Bertz CT molecular complexity index is 585. The first kappa shape index (κ1) is 13.4. The third kappa shape index (κ3) is 2.96. The van der Waals surface area contributed by atoms with Crippen molar-refractivity contribution in [3.05, 3.63) is 42.0 Å². The summed E-state index contributed by atoms with van der Waals surface area (Å²) in [4.78, 5) is 0. The number of benzene rings is 2. The minimum atomic E-state index is 0.107. The minimum absolute atomic E-state index is 0.107. The normalized spacial score (nSPS) is 22.9. The van der Waals surface area contributed by atoms with E-state index in [4.69, 9.17) is 0 Å². The van der Waals surface area contributed by atoms with Gasteiger partial charge in [0.15, 0.2) is 0 Å². The van der Waals surface area contributed by atoms with Gasteiger partial charge in [0, 0.05) is 11.7 Å². The Morgan fingerprint density at radius 2 is 1.70 bits per heavy atom. The third-order valence-corrected chi connectivity index (χ3v) is 4.47. The van der Waals surface area contributed by atoms with Crippen molar-refractivity contribution in [1.82, 2.24) is 0 Å². The second kappa shape index (κ2) is 5.84. The van der Waals surface area contributed by atoms with Crippen molar-refractivity contribution in [3.8, 4) is 0 Å². The zero-order valence-electron chi connectivity index (χ0n) is 12.1. The van der Waals surface area contributed by atoms with Crippen molar-refractivity contribution in [3.63, 3.8) is 0 Å². The molecule has 1 saturated carbocycles. The summed E-state index contributed by atoms with van der Waals surface area (Å²) in [5, 5.41) is 15.3. The molecule has 0 atom stereocenters. The van der Waals surface area contributed by atoms with Gasteiger partial charge in [-0.3, -0.25) is 0 Å². The summed E-state index contributed by atoms with van der Waals surface area (Å²) in [6.45, 7) is 2.46. The van der Waals surface area contributed by atoms with Crippen LogP contribution in [0.25, 0.3) is 10.8 Å². The van der Waals surface area contributed by atoms with Gasteiger partial charge in [-0.25, -0.2) is 0 Å². The van der Waals surface area contributed by atoms with Gasteiger partial charge in [-0.15, -0.1) is 0 Å². The molecule has 0 aromatic heterocycles. The molecule has 0 spiro atoms. The number of anilines is 1. The van der Waals surface area contributed by atoms with Gasteiger partial charge in [0.1, 0.15) is 0 Å². The Kier molecular flexibility index (Phi) is 3.93. The number of fused-ring (bicyclic) bond motifs is 1. The number of nitrogens with one attached hydrogen (secondary N) is 1.